The number of nitrogens with two attached hydrogens (primary N) is 1. The molecule has 0 saturated heterocycles. The van der Waals surface area contributed by atoms with Crippen molar-refractivity contribution >= 4 is 37.6 Å². The number of aromatic nitrogens is 2. The Morgan fingerprint density at radius 3 is 2.81 bits per heavy atom. The summed E-state index contributed by atoms with van der Waals surface area (Å²) >= 11 is 1.59. The molecule has 3 rings (SSSR count). The number of hydrogen-bond acceptors (Lipinski definition) is 6. The summed E-state index contributed by atoms with van der Waals surface area (Å²) in [5.41, 5.74) is 2.13. The Kier molecular flexibility index (Phi) is 3.82. The maximum absolute atomic E-state index is 10.8. The third kappa shape index (κ3) is 3.49. The summed E-state index contributed by atoms with van der Waals surface area (Å²) in [5, 5.41) is 10.1. The molecule has 1 aliphatic carbocycles. The Labute approximate surface area is 127 Å². The van der Waals surface area contributed by atoms with E-state index in [1.807, 2.05) is 6.92 Å². The Morgan fingerprint density at radius 1 is 1.38 bits per heavy atom. The minimum atomic E-state index is -3.65. The van der Waals surface area contributed by atoms with Gasteiger partial charge in [0.15, 0.2) is 0 Å². The lowest BCUT2D eigenvalue weighted by Crippen LogP contribution is -2.34. The second-order valence-corrected chi connectivity index (χ2v) is 7.43. The molecular weight excluding hydrogens is 310 g/mol. The summed E-state index contributed by atoms with van der Waals surface area (Å²) in [6.45, 7) is 2.67. The Hall–Kier alpha value is -1.29. The quantitative estimate of drug-likeness (QED) is 0.688. The minimum absolute atomic E-state index is 0.216. The van der Waals surface area contributed by atoms with Gasteiger partial charge in [0.05, 0.1) is 10.2 Å². The SMILES string of the molecule is Cc1csc2c(NCCNS(N)(=O)=O)nc(C3CC3)nc12. The van der Waals surface area contributed by atoms with Crippen LogP contribution in [0.5, 0.6) is 0 Å². The van der Waals surface area contributed by atoms with Crippen molar-refractivity contribution in [2.75, 3.05) is 18.4 Å². The van der Waals surface area contributed by atoms with E-state index in [9.17, 15) is 8.42 Å². The normalized spacial score (nSPS) is 15.5. The second kappa shape index (κ2) is 5.48. The largest absolute Gasteiger partial charge is 0.367 e. The third-order valence-electron chi connectivity index (χ3n) is 3.27. The molecule has 114 valence electrons. The molecule has 0 aliphatic heterocycles. The Balaban J connectivity index is 1.80. The molecule has 0 aromatic carbocycles. The maximum Gasteiger partial charge on any atom is 0.274 e. The van der Waals surface area contributed by atoms with E-state index in [-0.39, 0.29) is 6.54 Å². The molecule has 0 bridgehead atoms. The first kappa shape index (κ1) is 14.6. The number of rotatable bonds is 6. The Bertz CT molecular complexity index is 767. The molecule has 1 saturated carbocycles. The fourth-order valence-electron chi connectivity index (χ4n) is 2.07. The summed E-state index contributed by atoms with van der Waals surface area (Å²) in [4.78, 5) is 9.24. The second-order valence-electron chi connectivity index (χ2n) is 5.17. The molecule has 1 aliphatic rings. The molecule has 0 amide bonds. The van der Waals surface area contributed by atoms with Gasteiger partial charge in [-0.1, -0.05) is 0 Å². The van der Waals surface area contributed by atoms with Gasteiger partial charge in [-0.25, -0.2) is 19.8 Å². The van der Waals surface area contributed by atoms with Crippen molar-refractivity contribution in [2.24, 2.45) is 5.14 Å². The zero-order valence-corrected chi connectivity index (χ0v) is 13.2. The van der Waals surface area contributed by atoms with Gasteiger partial charge in [-0.05, 0) is 30.7 Å². The van der Waals surface area contributed by atoms with Crippen molar-refractivity contribution in [3.05, 3.63) is 16.8 Å². The average Bonchev–Trinajstić information content (AvgIpc) is 3.19. The molecule has 0 spiro atoms. The van der Waals surface area contributed by atoms with Crippen LogP contribution in [0.3, 0.4) is 0 Å². The van der Waals surface area contributed by atoms with Crippen LogP contribution in [0.2, 0.25) is 0 Å². The summed E-state index contributed by atoms with van der Waals surface area (Å²) in [6.07, 6.45) is 2.28. The number of fused-ring (bicyclic) bond motifs is 1. The fraction of sp³-hybridized carbons (Fsp3) is 0.500. The van der Waals surface area contributed by atoms with Crippen LogP contribution in [0.1, 0.15) is 30.1 Å². The van der Waals surface area contributed by atoms with Gasteiger partial charge in [0.1, 0.15) is 11.6 Å². The standard InChI is InChI=1S/C12H17N5O2S2/c1-7-6-20-10-9(7)16-11(8-2-3-8)17-12(10)14-4-5-15-21(13,18)19/h6,8,15H,2-5H2,1H3,(H2,13,18,19)(H,14,16,17). The van der Waals surface area contributed by atoms with E-state index >= 15 is 0 Å². The lowest BCUT2D eigenvalue weighted by atomic mass is 10.3. The molecule has 0 unspecified atom stereocenters. The number of hydrogen-bond donors (Lipinski definition) is 3. The average molecular weight is 327 g/mol. The van der Waals surface area contributed by atoms with Crippen molar-refractivity contribution in [2.45, 2.75) is 25.7 Å². The molecule has 1 fully saturated rings. The van der Waals surface area contributed by atoms with Gasteiger partial charge < -0.3 is 5.32 Å². The van der Waals surface area contributed by atoms with Crippen LogP contribution in [0.15, 0.2) is 5.38 Å². The van der Waals surface area contributed by atoms with Gasteiger partial charge >= 0.3 is 0 Å². The molecule has 0 atom stereocenters. The van der Waals surface area contributed by atoms with Crippen LogP contribution in [0.25, 0.3) is 10.2 Å². The van der Waals surface area contributed by atoms with E-state index in [0.29, 0.717) is 12.5 Å². The molecule has 21 heavy (non-hydrogen) atoms. The highest BCUT2D eigenvalue weighted by Crippen LogP contribution is 2.40. The number of anilines is 1. The fourth-order valence-corrected chi connectivity index (χ4v) is 3.41. The maximum atomic E-state index is 10.8. The van der Waals surface area contributed by atoms with E-state index in [1.54, 1.807) is 11.3 Å². The minimum Gasteiger partial charge on any atom is -0.367 e. The molecule has 9 heteroatoms. The zero-order chi connectivity index (χ0) is 15.0. The lowest BCUT2D eigenvalue weighted by Gasteiger charge is -2.09. The molecule has 2 aromatic rings. The van der Waals surface area contributed by atoms with Gasteiger partial charge in [-0.3, -0.25) is 0 Å². The smallest absolute Gasteiger partial charge is 0.274 e. The number of aryl methyl sites for hydroxylation is 1. The van der Waals surface area contributed by atoms with E-state index in [2.05, 4.69) is 25.4 Å². The van der Waals surface area contributed by atoms with Crippen LogP contribution in [0.4, 0.5) is 5.82 Å². The molecule has 4 N–H and O–H groups in total. The van der Waals surface area contributed by atoms with Crippen molar-refractivity contribution < 1.29 is 8.42 Å². The van der Waals surface area contributed by atoms with Crippen molar-refractivity contribution in [3.8, 4) is 0 Å². The van der Waals surface area contributed by atoms with E-state index < -0.39 is 10.2 Å². The van der Waals surface area contributed by atoms with E-state index in [0.717, 1.165) is 40.3 Å². The highest BCUT2D eigenvalue weighted by atomic mass is 32.2. The zero-order valence-electron chi connectivity index (χ0n) is 11.6. The number of nitrogens with zero attached hydrogens (tertiary/aromatic N) is 2. The van der Waals surface area contributed by atoms with Crippen LogP contribution in [0, 0.1) is 6.92 Å². The van der Waals surface area contributed by atoms with Gasteiger partial charge in [0, 0.05) is 19.0 Å². The summed E-state index contributed by atoms with van der Waals surface area (Å²) in [5.74, 6) is 2.12. The van der Waals surface area contributed by atoms with Crippen molar-refractivity contribution in [3.63, 3.8) is 0 Å². The Morgan fingerprint density at radius 2 is 2.14 bits per heavy atom. The van der Waals surface area contributed by atoms with Crippen molar-refractivity contribution in [1.29, 1.82) is 0 Å². The predicted molar refractivity (Wildman–Crippen MR) is 83.7 cm³/mol. The highest BCUT2D eigenvalue weighted by molar-refractivity contribution is 7.87. The highest BCUT2D eigenvalue weighted by Gasteiger charge is 2.28. The van der Waals surface area contributed by atoms with E-state index in [4.69, 9.17) is 5.14 Å². The topological polar surface area (TPSA) is 110 Å². The first-order valence-electron chi connectivity index (χ1n) is 6.71. The first-order valence-corrected chi connectivity index (χ1v) is 9.13. The lowest BCUT2D eigenvalue weighted by molar-refractivity contribution is 0.584. The van der Waals surface area contributed by atoms with E-state index in [1.165, 1.54) is 0 Å². The van der Waals surface area contributed by atoms with Gasteiger partial charge in [-0.2, -0.15) is 8.42 Å². The number of thiophene rings is 1. The van der Waals surface area contributed by atoms with Gasteiger partial charge in [0.2, 0.25) is 0 Å². The van der Waals surface area contributed by atoms with Crippen LogP contribution in [-0.4, -0.2) is 31.5 Å². The monoisotopic (exact) mass is 327 g/mol. The van der Waals surface area contributed by atoms with Crippen LogP contribution >= 0.6 is 11.3 Å². The van der Waals surface area contributed by atoms with Crippen molar-refractivity contribution in [1.82, 2.24) is 14.7 Å². The van der Waals surface area contributed by atoms with Crippen LogP contribution < -0.4 is 15.2 Å². The first-order chi connectivity index (χ1) is 9.94. The summed E-state index contributed by atoms with van der Waals surface area (Å²) < 4.78 is 24.9. The summed E-state index contributed by atoms with van der Waals surface area (Å²) in [6, 6.07) is 0. The number of nitrogens with one attached hydrogen (secondary N) is 2. The van der Waals surface area contributed by atoms with Gasteiger partial charge in [-0.15, -0.1) is 11.3 Å². The molecule has 0 radical (unpaired) electrons. The summed E-state index contributed by atoms with van der Waals surface area (Å²) in [7, 11) is -3.65. The molecular formula is C12H17N5O2S2. The molecule has 2 heterocycles. The predicted octanol–water partition coefficient (Wildman–Crippen LogP) is 1.08. The van der Waals surface area contributed by atoms with Crippen LogP contribution in [-0.2, 0) is 10.2 Å². The molecule has 2 aromatic heterocycles. The van der Waals surface area contributed by atoms with Gasteiger partial charge in [0.25, 0.3) is 10.2 Å². The third-order valence-corrected chi connectivity index (χ3v) is 4.97. The molecule has 7 nitrogen and oxygen atoms in total.